The van der Waals surface area contributed by atoms with Gasteiger partial charge in [0.1, 0.15) is 0 Å². The minimum Gasteiger partial charge on any atom is -0.493 e. The summed E-state index contributed by atoms with van der Waals surface area (Å²) in [5.74, 6) is 0.963. The van der Waals surface area contributed by atoms with E-state index >= 15 is 0 Å². The van der Waals surface area contributed by atoms with Gasteiger partial charge in [0, 0.05) is 23.2 Å². The van der Waals surface area contributed by atoms with Crippen LogP contribution in [0.2, 0.25) is 0 Å². The molecule has 0 radical (unpaired) electrons. The number of ether oxygens (including phenoxy) is 3. The van der Waals surface area contributed by atoms with Crippen LogP contribution in [-0.4, -0.2) is 45.6 Å². The lowest BCUT2D eigenvalue weighted by Gasteiger charge is -2.12. The standard InChI is InChI=1S/C24H26N4O6S/c1-15-12-16(2)26-24(25-15)28-35(30,31)19-9-7-18(8-10-19)27-22(29)11-6-17-13-20(32-3)23(34-5)21(14-17)33-4/h6-14H,1-5H3,(H,27,29)(H,25,26,28). The van der Waals surface area contributed by atoms with Gasteiger partial charge in [-0.05, 0) is 68.0 Å². The number of aromatic nitrogens is 2. The van der Waals surface area contributed by atoms with E-state index in [0.29, 0.717) is 39.9 Å². The Kier molecular flexibility index (Phi) is 7.92. The number of benzene rings is 2. The predicted molar refractivity (Wildman–Crippen MR) is 133 cm³/mol. The first-order valence-electron chi connectivity index (χ1n) is 10.4. The third-order valence-electron chi connectivity index (χ3n) is 4.75. The predicted octanol–water partition coefficient (Wildman–Crippen LogP) is 3.57. The second-order valence-corrected chi connectivity index (χ2v) is 9.07. The minimum atomic E-state index is -3.89. The normalized spacial score (nSPS) is 11.2. The summed E-state index contributed by atoms with van der Waals surface area (Å²) in [5, 5.41) is 2.68. The second-order valence-electron chi connectivity index (χ2n) is 7.39. The first-order chi connectivity index (χ1) is 16.6. The van der Waals surface area contributed by atoms with Crippen molar-refractivity contribution in [3.63, 3.8) is 0 Å². The molecule has 0 aliphatic rings. The molecule has 3 rings (SSSR count). The summed E-state index contributed by atoms with van der Waals surface area (Å²) in [6.07, 6.45) is 2.93. The van der Waals surface area contributed by atoms with Crippen molar-refractivity contribution in [1.82, 2.24) is 9.97 Å². The van der Waals surface area contributed by atoms with Crippen LogP contribution in [-0.2, 0) is 14.8 Å². The fourth-order valence-corrected chi connectivity index (χ4v) is 4.17. The van der Waals surface area contributed by atoms with E-state index in [9.17, 15) is 13.2 Å². The molecule has 0 fully saturated rings. The van der Waals surface area contributed by atoms with Crippen molar-refractivity contribution < 1.29 is 27.4 Å². The monoisotopic (exact) mass is 498 g/mol. The van der Waals surface area contributed by atoms with Gasteiger partial charge in [-0.3, -0.25) is 4.79 Å². The Balaban J connectivity index is 1.69. The first-order valence-corrected chi connectivity index (χ1v) is 11.9. The van der Waals surface area contributed by atoms with Crippen LogP contribution in [0, 0.1) is 13.8 Å². The lowest BCUT2D eigenvalue weighted by molar-refractivity contribution is -0.111. The molecule has 1 heterocycles. The summed E-state index contributed by atoms with van der Waals surface area (Å²) in [6, 6.07) is 10.9. The van der Waals surface area contributed by atoms with Crippen LogP contribution in [0.5, 0.6) is 17.2 Å². The van der Waals surface area contributed by atoms with Crippen molar-refractivity contribution in [3.8, 4) is 17.2 Å². The highest BCUT2D eigenvalue weighted by Crippen LogP contribution is 2.38. The SMILES string of the molecule is COc1cc(C=CC(=O)Nc2ccc(S(=O)(=O)Nc3nc(C)cc(C)n3)cc2)cc(OC)c1OC. The van der Waals surface area contributed by atoms with Gasteiger partial charge in [0.2, 0.25) is 17.6 Å². The van der Waals surface area contributed by atoms with Crippen LogP contribution in [0.4, 0.5) is 11.6 Å². The minimum absolute atomic E-state index is 0.00295. The van der Waals surface area contributed by atoms with Gasteiger partial charge in [-0.15, -0.1) is 0 Å². The largest absolute Gasteiger partial charge is 0.493 e. The smallest absolute Gasteiger partial charge is 0.264 e. The van der Waals surface area contributed by atoms with Gasteiger partial charge in [0.25, 0.3) is 10.0 Å². The van der Waals surface area contributed by atoms with Crippen molar-refractivity contribution >= 4 is 33.6 Å². The van der Waals surface area contributed by atoms with Crippen LogP contribution in [0.25, 0.3) is 6.08 Å². The fourth-order valence-electron chi connectivity index (χ4n) is 3.22. The second kappa shape index (κ2) is 10.9. The number of hydrogen-bond acceptors (Lipinski definition) is 8. The molecule has 2 N–H and O–H groups in total. The molecule has 0 spiro atoms. The summed E-state index contributed by atoms with van der Waals surface area (Å²) in [5.41, 5.74) is 2.38. The van der Waals surface area contributed by atoms with Crippen LogP contribution < -0.4 is 24.2 Å². The Bertz CT molecular complexity index is 1310. The van der Waals surface area contributed by atoms with E-state index in [0.717, 1.165) is 0 Å². The number of nitrogens with one attached hydrogen (secondary N) is 2. The van der Waals surface area contributed by atoms with E-state index in [1.54, 1.807) is 38.1 Å². The summed E-state index contributed by atoms with van der Waals surface area (Å²) in [7, 11) is 0.626. The Morgan fingerprint density at radius 1 is 0.886 bits per heavy atom. The number of sulfonamides is 1. The number of nitrogens with zero attached hydrogens (tertiary/aromatic N) is 2. The molecule has 0 saturated carbocycles. The Labute approximate surface area is 204 Å². The number of carbonyl (C=O) groups is 1. The van der Waals surface area contributed by atoms with E-state index in [2.05, 4.69) is 20.0 Å². The van der Waals surface area contributed by atoms with Crippen molar-refractivity contribution in [3.05, 3.63) is 65.5 Å². The van der Waals surface area contributed by atoms with Crippen molar-refractivity contribution in [2.45, 2.75) is 18.7 Å². The number of rotatable bonds is 9. The number of carbonyl (C=O) groups excluding carboxylic acids is 1. The average molecular weight is 499 g/mol. The summed E-state index contributed by atoms with van der Waals surface area (Å²) in [6.45, 7) is 3.50. The Morgan fingerprint density at radius 2 is 1.46 bits per heavy atom. The average Bonchev–Trinajstić information content (AvgIpc) is 2.81. The number of aryl methyl sites for hydroxylation is 2. The summed E-state index contributed by atoms with van der Waals surface area (Å²) in [4.78, 5) is 20.6. The maximum atomic E-state index is 12.6. The molecule has 35 heavy (non-hydrogen) atoms. The molecule has 0 unspecified atom stereocenters. The van der Waals surface area contributed by atoms with Crippen LogP contribution in [0.1, 0.15) is 17.0 Å². The molecule has 0 saturated heterocycles. The highest BCUT2D eigenvalue weighted by atomic mass is 32.2. The highest BCUT2D eigenvalue weighted by molar-refractivity contribution is 7.92. The van der Waals surface area contributed by atoms with E-state index in [4.69, 9.17) is 14.2 Å². The van der Waals surface area contributed by atoms with Crippen LogP contribution in [0.15, 0.2) is 53.4 Å². The number of methoxy groups -OCH3 is 3. The van der Waals surface area contributed by atoms with Crippen LogP contribution in [0.3, 0.4) is 0 Å². The zero-order valence-electron chi connectivity index (χ0n) is 19.9. The quantitative estimate of drug-likeness (QED) is 0.429. The number of amides is 1. The topological polar surface area (TPSA) is 129 Å². The van der Waals surface area contributed by atoms with Crippen molar-refractivity contribution in [1.29, 1.82) is 0 Å². The van der Waals surface area contributed by atoms with Gasteiger partial charge in [0.15, 0.2) is 11.5 Å². The van der Waals surface area contributed by atoms with E-state index in [1.165, 1.54) is 51.7 Å². The molecule has 3 aromatic rings. The Morgan fingerprint density at radius 3 is 1.97 bits per heavy atom. The maximum Gasteiger partial charge on any atom is 0.264 e. The molecule has 184 valence electrons. The zero-order chi connectivity index (χ0) is 25.6. The zero-order valence-corrected chi connectivity index (χ0v) is 20.8. The molecule has 1 amide bonds. The molecule has 0 bridgehead atoms. The lowest BCUT2D eigenvalue weighted by atomic mass is 10.1. The van der Waals surface area contributed by atoms with Gasteiger partial charge >= 0.3 is 0 Å². The van der Waals surface area contributed by atoms with Crippen molar-refractivity contribution in [2.24, 2.45) is 0 Å². The van der Waals surface area contributed by atoms with E-state index in [1.807, 2.05) is 0 Å². The number of hydrogen-bond donors (Lipinski definition) is 2. The van der Waals surface area contributed by atoms with Gasteiger partial charge in [-0.2, -0.15) is 0 Å². The maximum absolute atomic E-state index is 12.6. The molecule has 0 atom stereocenters. The third-order valence-corrected chi connectivity index (χ3v) is 6.10. The Hall–Kier alpha value is -4.12. The molecular weight excluding hydrogens is 472 g/mol. The molecule has 0 aliphatic carbocycles. The van der Waals surface area contributed by atoms with Gasteiger partial charge in [-0.1, -0.05) is 0 Å². The lowest BCUT2D eigenvalue weighted by Crippen LogP contribution is -2.16. The van der Waals surface area contributed by atoms with Gasteiger partial charge in [0.05, 0.1) is 26.2 Å². The van der Waals surface area contributed by atoms with E-state index in [-0.39, 0.29) is 10.8 Å². The fraction of sp³-hybridized carbons (Fsp3) is 0.208. The van der Waals surface area contributed by atoms with Crippen molar-refractivity contribution in [2.75, 3.05) is 31.4 Å². The number of anilines is 2. The summed E-state index contributed by atoms with van der Waals surface area (Å²) >= 11 is 0. The third kappa shape index (κ3) is 6.48. The van der Waals surface area contributed by atoms with Crippen LogP contribution >= 0.6 is 0 Å². The first kappa shape index (κ1) is 25.5. The van der Waals surface area contributed by atoms with Gasteiger partial charge < -0.3 is 19.5 Å². The molecule has 2 aromatic carbocycles. The summed E-state index contributed by atoms with van der Waals surface area (Å²) < 4.78 is 43.6. The molecule has 1 aromatic heterocycles. The van der Waals surface area contributed by atoms with E-state index < -0.39 is 15.9 Å². The molecular formula is C24H26N4O6S. The highest BCUT2D eigenvalue weighted by Gasteiger charge is 2.16. The molecule has 11 heteroatoms. The molecule has 0 aliphatic heterocycles. The van der Waals surface area contributed by atoms with Gasteiger partial charge in [-0.25, -0.2) is 23.1 Å². The molecule has 10 nitrogen and oxygen atoms in total.